The number of fused-ring (bicyclic) bond motifs is 1. The zero-order chi connectivity index (χ0) is 20.2. The van der Waals surface area contributed by atoms with Crippen molar-refractivity contribution >= 4 is 22.9 Å². The number of nitrogens with zero attached hydrogens (tertiary/aromatic N) is 3. The van der Waals surface area contributed by atoms with Crippen molar-refractivity contribution in [3.8, 4) is 0 Å². The van der Waals surface area contributed by atoms with E-state index < -0.39 is 0 Å². The molecule has 0 saturated heterocycles. The second-order valence-electron chi connectivity index (χ2n) is 7.71. The van der Waals surface area contributed by atoms with E-state index in [1.54, 1.807) is 0 Å². The van der Waals surface area contributed by atoms with E-state index in [9.17, 15) is 4.79 Å². The highest BCUT2D eigenvalue weighted by atomic mass is 16.5. The van der Waals surface area contributed by atoms with Crippen LogP contribution in [-0.2, 0) is 17.9 Å². The first-order valence-electron chi connectivity index (χ1n) is 9.39. The molecule has 0 bridgehead atoms. The molecule has 0 aliphatic carbocycles. The number of rotatable bonds is 7. The van der Waals surface area contributed by atoms with E-state index in [1.165, 1.54) is 0 Å². The van der Waals surface area contributed by atoms with Crippen LogP contribution in [0.3, 0.4) is 0 Å². The molecule has 8 nitrogen and oxygen atoms in total. The van der Waals surface area contributed by atoms with Crippen molar-refractivity contribution < 1.29 is 9.53 Å². The van der Waals surface area contributed by atoms with Crippen molar-refractivity contribution in [1.29, 1.82) is 0 Å². The molecule has 0 radical (unpaired) electrons. The molecule has 0 spiro atoms. The summed E-state index contributed by atoms with van der Waals surface area (Å²) in [7, 11) is 0. The average molecular weight is 377 g/mol. The summed E-state index contributed by atoms with van der Waals surface area (Å²) in [6, 6.07) is -0.159. The molecule has 2 aromatic rings. The van der Waals surface area contributed by atoms with Gasteiger partial charge in [0.05, 0.1) is 5.52 Å². The molecule has 2 rings (SSSR count). The van der Waals surface area contributed by atoms with Crippen LogP contribution >= 0.6 is 0 Å². The summed E-state index contributed by atoms with van der Waals surface area (Å²) < 4.78 is 7.71. The van der Waals surface area contributed by atoms with Crippen LogP contribution in [0.1, 0.15) is 51.2 Å². The molecule has 150 valence electrons. The summed E-state index contributed by atoms with van der Waals surface area (Å²) in [4.78, 5) is 20.9. The molecule has 4 N–H and O–H groups in total. The van der Waals surface area contributed by atoms with Crippen LogP contribution in [0.2, 0.25) is 0 Å². The van der Waals surface area contributed by atoms with Crippen LogP contribution in [-0.4, -0.2) is 39.3 Å². The highest BCUT2D eigenvalue weighted by molar-refractivity contribution is 5.88. The maximum absolute atomic E-state index is 11.9. The minimum atomic E-state index is -0.255. The number of aromatic nitrogens is 3. The number of aryl methyl sites for hydroxylation is 3. The first-order chi connectivity index (χ1) is 12.6. The lowest BCUT2D eigenvalue weighted by Crippen LogP contribution is -2.46. The SMILES string of the molecule is CCOCc1nc2c(N)nc(C)c(C)c2n1CCCNC(=O)NC(C)(C)C. The second kappa shape index (κ2) is 8.56. The van der Waals surface area contributed by atoms with Crippen molar-refractivity contribution in [2.45, 2.75) is 66.7 Å². The number of imidazole rings is 1. The van der Waals surface area contributed by atoms with E-state index in [0.29, 0.717) is 37.6 Å². The summed E-state index contributed by atoms with van der Waals surface area (Å²) in [5, 5.41) is 5.79. The molecule has 0 aliphatic rings. The van der Waals surface area contributed by atoms with Gasteiger partial charge in [-0.25, -0.2) is 14.8 Å². The van der Waals surface area contributed by atoms with Gasteiger partial charge in [-0.3, -0.25) is 0 Å². The number of pyridine rings is 1. The third kappa shape index (κ3) is 5.32. The Morgan fingerprint density at radius 1 is 1.26 bits per heavy atom. The molecule has 0 atom stereocenters. The van der Waals surface area contributed by atoms with E-state index in [4.69, 9.17) is 10.5 Å². The molecular formula is C19H32N6O2. The van der Waals surface area contributed by atoms with E-state index >= 15 is 0 Å². The van der Waals surface area contributed by atoms with E-state index in [0.717, 1.165) is 29.0 Å². The van der Waals surface area contributed by atoms with Gasteiger partial charge in [0.25, 0.3) is 0 Å². The molecule has 2 amide bonds. The molecule has 2 aromatic heterocycles. The summed E-state index contributed by atoms with van der Waals surface area (Å²) in [6.07, 6.45) is 0.767. The topological polar surface area (TPSA) is 107 Å². The Balaban J connectivity index is 2.16. The Morgan fingerprint density at radius 3 is 2.59 bits per heavy atom. The lowest BCUT2D eigenvalue weighted by Gasteiger charge is -2.20. The van der Waals surface area contributed by atoms with Gasteiger partial charge in [0.2, 0.25) is 0 Å². The Morgan fingerprint density at radius 2 is 1.96 bits per heavy atom. The highest BCUT2D eigenvalue weighted by Crippen LogP contribution is 2.26. The van der Waals surface area contributed by atoms with Crippen LogP contribution < -0.4 is 16.4 Å². The highest BCUT2D eigenvalue weighted by Gasteiger charge is 2.18. The van der Waals surface area contributed by atoms with Gasteiger partial charge >= 0.3 is 6.03 Å². The van der Waals surface area contributed by atoms with Crippen molar-refractivity contribution in [3.63, 3.8) is 0 Å². The standard InChI is InChI=1S/C19H32N6O2/c1-7-27-11-14-23-15-16(12(2)13(3)22-17(15)20)25(14)10-8-9-21-18(26)24-19(4,5)6/h7-11H2,1-6H3,(H2,20,22)(H2,21,24,26). The van der Waals surface area contributed by atoms with E-state index in [-0.39, 0.29) is 11.6 Å². The van der Waals surface area contributed by atoms with Crippen LogP contribution in [0.25, 0.3) is 11.0 Å². The largest absolute Gasteiger partial charge is 0.382 e. The monoisotopic (exact) mass is 376 g/mol. The number of nitrogens with two attached hydrogens (primary N) is 1. The predicted octanol–water partition coefficient (Wildman–Crippen LogP) is 2.65. The van der Waals surface area contributed by atoms with Gasteiger partial charge in [0.15, 0.2) is 5.82 Å². The molecule has 27 heavy (non-hydrogen) atoms. The minimum absolute atomic E-state index is 0.159. The van der Waals surface area contributed by atoms with E-state index in [1.807, 2.05) is 41.5 Å². The minimum Gasteiger partial charge on any atom is -0.382 e. The zero-order valence-electron chi connectivity index (χ0n) is 17.3. The number of hydrogen-bond acceptors (Lipinski definition) is 5. The van der Waals surface area contributed by atoms with Gasteiger partial charge in [-0.05, 0) is 53.5 Å². The number of urea groups is 1. The number of ether oxygens (including phenoxy) is 1. The van der Waals surface area contributed by atoms with Crippen molar-refractivity contribution in [3.05, 3.63) is 17.1 Å². The van der Waals surface area contributed by atoms with Gasteiger partial charge in [-0.2, -0.15) is 0 Å². The molecule has 0 fully saturated rings. The zero-order valence-corrected chi connectivity index (χ0v) is 17.3. The lowest BCUT2D eigenvalue weighted by atomic mass is 10.1. The van der Waals surface area contributed by atoms with Gasteiger partial charge in [0, 0.05) is 30.9 Å². The number of nitrogens with one attached hydrogen (secondary N) is 2. The number of hydrogen-bond donors (Lipinski definition) is 3. The molecule has 0 aromatic carbocycles. The Hall–Kier alpha value is -2.35. The Kier molecular flexibility index (Phi) is 6.64. The van der Waals surface area contributed by atoms with Crippen LogP contribution in [0.15, 0.2) is 0 Å². The number of amides is 2. The molecular weight excluding hydrogens is 344 g/mol. The van der Waals surface area contributed by atoms with E-state index in [2.05, 4.69) is 25.2 Å². The molecule has 2 heterocycles. The average Bonchev–Trinajstić information content (AvgIpc) is 2.92. The first-order valence-corrected chi connectivity index (χ1v) is 9.39. The van der Waals surface area contributed by atoms with Gasteiger partial charge < -0.3 is 25.7 Å². The fourth-order valence-electron chi connectivity index (χ4n) is 2.91. The summed E-state index contributed by atoms with van der Waals surface area (Å²) in [5.74, 6) is 1.26. The van der Waals surface area contributed by atoms with Crippen molar-refractivity contribution in [2.75, 3.05) is 18.9 Å². The molecule has 0 unspecified atom stereocenters. The summed E-state index contributed by atoms with van der Waals surface area (Å²) >= 11 is 0. The number of anilines is 1. The van der Waals surface area contributed by atoms with Gasteiger partial charge in [0.1, 0.15) is 17.9 Å². The predicted molar refractivity (Wildman–Crippen MR) is 108 cm³/mol. The quantitative estimate of drug-likeness (QED) is 0.644. The van der Waals surface area contributed by atoms with Gasteiger partial charge in [-0.1, -0.05) is 0 Å². The second-order valence-corrected chi connectivity index (χ2v) is 7.71. The van der Waals surface area contributed by atoms with Crippen molar-refractivity contribution in [2.24, 2.45) is 0 Å². The maximum atomic E-state index is 11.9. The Labute approximate surface area is 160 Å². The third-order valence-electron chi connectivity index (χ3n) is 4.24. The number of nitrogen functional groups attached to an aromatic ring is 1. The van der Waals surface area contributed by atoms with Crippen molar-refractivity contribution in [1.82, 2.24) is 25.2 Å². The number of carbonyl (C=O) groups is 1. The fourth-order valence-corrected chi connectivity index (χ4v) is 2.91. The lowest BCUT2D eigenvalue weighted by molar-refractivity contribution is 0.126. The summed E-state index contributed by atoms with van der Waals surface area (Å²) in [5.41, 5.74) is 9.51. The fraction of sp³-hybridized carbons (Fsp3) is 0.632. The van der Waals surface area contributed by atoms with Gasteiger partial charge in [-0.15, -0.1) is 0 Å². The summed E-state index contributed by atoms with van der Waals surface area (Å²) in [6.45, 7) is 14.1. The Bertz CT molecular complexity index is 807. The molecule has 0 aliphatic heterocycles. The third-order valence-corrected chi connectivity index (χ3v) is 4.24. The molecule has 0 saturated carbocycles. The maximum Gasteiger partial charge on any atom is 0.315 e. The van der Waals surface area contributed by atoms with Crippen LogP contribution in [0.4, 0.5) is 10.6 Å². The smallest absolute Gasteiger partial charge is 0.315 e. The molecule has 8 heteroatoms. The normalized spacial score (nSPS) is 11.8. The van der Waals surface area contributed by atoms with Crippen LogP contribution in [0, 0.1) is 13.8 Å². The number of carbonyl (C=O) groups excluding carboxylic acids is 1. The first kappa shape index (κ1) is 21.0. The van der Waals surface area contributed by atoms with Crippen LogP contribution in [0.5, 0.6) is 0 Å².